The van der Waals surface area contributed by atoms with Crippen LogP contribution in [0.25, 0.3) is 5.69 Å². The van der Waals surface area contributed by atoms with Gasteiger partial charge in [0.25, 0.3) is 5.91 Å². The van der Waals surface area contributed by atoms with Crippen molar-refractivity contribution in [2.45, 2.75) is 37.5 Å². The normalized spacial score (nSPS) is 11.5. The van der Waals surface area contributed by atoms with Crippen molar-refractivity contribution in [1.82, 2.24) is 20.1 Å². The van der Waals surface area contributed by atoms with Crippen LogP contribution in [0.5, 0.6) is 0 Å². The zero-order chi connectivity index (χ0) is 25.9. The van der Waals surface area contributed by atoms with Crippen LogP contribution < -0.4 is 5.32 Å². The second kappa shape index (κ2) is 10.5. The third kappa shape index (κ3) is 5.93. The van der Waals surface area contributed by atoms with Gasteiger partial charge in [0.2, 0.25) is 0 Å². The van der Waals surface area contributed by atoms with Gasteiger partial charge in [-0.05, 0) is 73.0 Å². The van der Waals surface area contributed by atoms with Crippen LogP contribution in [-0.2, 0) is 18.5 Å². The van der Waals surface area contributed by atoms with E-state index in [2.05, 4.69) is 15.5 Å². The van der Waals surface area contributed by atoms with Crippen molar-refractivity contribution in [2.75, 3.05) is 0 Å². The van der Waals surface area contributed by atoms with E-state index in [4.69, 9.17) is 0 Å². The average molecular weight is 515 g/mol. The lowest BCUT2D eigenvalue weighted by Gasteiger charge is -2.12. The number of rotatable bonds is 7. The summed E-state index contributed by atoms with van der Waals surface area (Å²) in [7, 11) is 0. The predicted molar refractivity (Wildman–Crippen MR) is 129 cm³/mol. The summed E-state index contributed by atoms with van der Waals surface area (Å²) in [5.74, 6) is -0.108. The largest absolute Gasteiger partial charge is 0.416 e. The molecule has 1 aromatic heterocycles. The third-order valence-corrected chi connectivity index (χ3v) is 6.58. The molecule has 1 N–H and O–H groups in total. The Morgan fingerprint density at radius 2 is 1.72 bits per heavy atom. The van der Waals surface area contributed by atoms with Gasteiger partial charge in [-0.3, -0.25) is 9.36 Å². The van der Waals surface area contributed by atoms with E-state index >= 15 is 0 Å². The molecule has 1 heterocycles. The summed E-state index contributed by atoms with van der Waals surface area (Å²) in [5, 5.41) is 11.6. The van der Waals surface area contributed by atoms with Crippen LogP contribution in [0.1, 0.15) is 38.4 Å². The SMILES string of the molecule is Cc1ccc(C(=O)NCc2nnc(SCc3cccc(C(F)(F)F)c3)n2-c2ccc(F)cc2)cc1C. The molecule has 5 nitrogen and oxygen atoms in total. The molecule has 1 amide bonds. The Hall–Kier alpha value is -3.66. The van der Waals surface area contributed by atoms with Gasteiger partial charge < -0.3 is 5.32 Å². The van der Waals surface area contributed by atoms with Gasteiger partial charge in [0.15, 0.2) is 11.0 Å². The predicted octanol–water partition coefficient (Wildman–Crippen LogP) is 6.26. The molecular weight excluding hydrogens is 492 g/mol. The first-order valence-corrected chi connectivity index (χ1v) is 11.9. The van der Waals surface area contributed by atoms with E-state index in [-0.39, 0.29) is 18.2 Å². The Morgan fingerprint density at radius 1 is 0.972 bits per heavy atom. The van der Waals surface area contributed by atoms with Crippen LogP contribution in [0.2, 0.25) is 0 Å². The zero-order valence-corrected chi connectivity index (χ0v) is 20.3. The number of hydrogen-bond acceptors (Lipinski definition) is 4. The molecule has 0 radical (unpaired) electrons. The summed E-state index contributed by atoms with van der Waals surface area (Å²) in [6, 6.07) is 16.1. The topological polar surface area (TPSA) is 59.8 Å². The number of halogens is 4. The molecule has 0 bridgehead atoms. The van der Waals surface area contributed by atoms with Gasteiger partial charge >= 0.3 is 6.18 Å². The van der Waals surface area contributed by atoms with Gasteiger partial charge in [-0.2, -0.15) is 13.2 Å². The monoisotopic (exact) mass is 514 g/mol. The van der Waals surface area contributed by atoms with Gasteiger partial charge in [0.1, 0.15) is 5.82 Å². The van der Waals surface area contributed by atoms with Crippen LogP contribution in [-0.4, -0.2) is 20.7 Å². The maximum absolute atomic E-state index is 13.5. The number of thioether (sulfide) groups is 1. The molecule has 0 aliphatic heterocycles. The van der Waals surface area contributed by atoms with E-state index in [9.17, 15) is 22.4 Å². The fraction of sp³-hybridized carbons (Fsp3) is 0.192. The number of aryl methyl sites for hydroxylation is 2. The first-order chi connectivity index (χ1) is 17.1. The summed E-state index contributed by atoms with van der Waals surface area (Å²) >= 11 is 1.19. The Labute approximate surface area is 209 Å². The molecule has 10 heteroatoms. The second-order valence-corrected chi connectivity index (χ2v) is 9.12. The lowest BCUT2D eigenvalue weighted by Crippen LogP contribution is -2.24. The molecule has 0 saturated carbocycles. The standard InChI is InChI=1S/C26H22F4N4OS/c1-16-6-7-19(12-17(16)2)24(35)31-14-23-32-33-25(34(23)22-10-8-21(27)9-11-22)36-15-18-4-3-5-20(13-18)26(28,29)30/h3-13H,14-15H2,1-2H3,(H,31,35). The lowest BCUT2D eigenvalue weighted by molar-refractivity contribution is -0.137. The number of hydrogen-bond donors (Lipinski definition) is 1. The van der Waals surface area contributed by atoms with Crippen molar-refractivity contribution in [2.24, 2.45) is 0 Å². The fourth-order valence-electron chi connectivity index (χ4n) is 3.49. The minimum atomic E-state index is -4.43. The number of carbonyl (C=O) groups excluding carboxylic acids is 1. The Balaban J connectivity index is 1.57. The molecule has 0 atom stereocenters. The van der Waals surface area contributed by atoms with Gasteiger partial charge in [-0.25, -0.2) is 4.39 Å². The van der Waals surface area contributed by atoms with Crippen molar-refractivity contribution >= 4 is 17.7 Å². The molecule has 0 unspecified atom stereocenters. The molecule has 0 fully saturated rings. The molecule has 0 aliphatic carbocycles. The van der Waals surface area contributed by atoms with Crippen LogP contribution >= 0.6 is 11.8 Å². The highest BCUT2D eigenvalue weighted by molar-refractivity contribution is 7.98. The lowest BCUT2D eigenvalue weighted by atomic mass is 10.1. The first-order valence-electron chi connectivity index (χ1n) is 11.0. The van der Waals surface area contributed by atoms with Crippen LogP contribution in [0.15, 0.2) is 71.9 Å². The molecular formula is C26H22F4N4OS. The highest BCUT2D eigenvalue weighted by Gasteiger charge is 2.30. The summed E-state index contributed by atoms with van der Waals surface area (Å²) in [4.78, 5) is 12.7. The smallest absolute Gasteiger partial charge is 0.345 e. The Bertz CT molecular complexity index is 1380. The fourth-order valence-corrected chi connectivity index (χ4v) is 4.40. The molecule has 0 saturated heterocycles. The highest BCUT2D eigenvalue weighted by Crippen LogP contribution is 2.31. The molecule has 4 rings (SSSR count). The number of carbonyl (C=O) groups is 1. The number of aromatic nitrogens is 3. The second-order valence-electron chi connectivity index (χ2n) is 8.18. The van der Waals surface area contributed by atoms with E-state index < -0.39 is 17.6 Å². The van der Waals surface area contributed by atoms with E-state index in [1.54, 1.807) is 34.9 Å². The minimum Gasteiger partial charge on any atom is -0.345 e. The van der Waals surface area contributed by atoms with E-state index in [1.165, 1.54) is 30.0 Å². The van der Waals surface area contributed by atoms with Crippen molar-refractivity contribution < 1.29 is 22.4 Å². The highest BCUT2D eigenvalue weighted by atomic mass is 32.2. The van der Waals surface area contributed by atoms with Gasteiger partial charge in [0.05, 0.1) is 12.1 Å². The molecule has 186 valence electrons. The first kappa shape index (κ1) is 25.4. The molecule has 36 heavy (non-hydrogen) atoms. The van der Waals surface area contributed by atoms with Crippen LogP contribution in [0.4, 0.5) is 17.6 Å². The number of alkyl halides is 3. The summed E-state index contributed by atoms with van der Waals surface area (Å²) < 4.78 is 54.4. The van der Waals surface area contributed by atoms with E-state index in [0.717, 1.165) is 23.3 Å². The molecule has 0 aliphatic rings. The van der Waals surface area contributed by atoms with E-state index in [1.807, 2.05) is 19.9 Å². The van der Waals surface area contributed by atoms with Crippen LogP contribution in [0.3, 0.4) is 0 Å². The molecule has 3 aromatic carbocycles. The van der Waals surface area contributed by atoms with Gasteiger partial charge in [0, 0.05) is 17.0 Å². The Morgan fingerprint density at radius 3 is 2.42 bits per heavy atom. The van der Waals surface area contributed by atoms with E-state index in [0.29, 0.717) is 27.8 Å². The molecule has 4 aromatic rings. The summed E-state index contributed by atoms with van der Waals surface area (Å²) in [6.07, 6.45) is -4.43. The van der Waals surface area contributed by atoms with Crippen molar-refractivity contribution in [3.63, 3.8) is 0 Å². The minimum absolute atomic E-state index is 0.0419. The summed E-state index contributed by atoms with van der Waals surface area (Å²) in [5.41, 5.74) is 2.87. The van der Waals surface area contributed by atoms with Crippen molar-refractivity contribution in [1.29, 1.82) is 0 Å². The quantitative estimate of drug-likeness (QED) is 0.234. The number of amides is 1. The number of nitrogens with zero attached hydrogens (tertiary/aromatic N) is 3. The molecule has 0 spiro atoms. The van der Waals surface area contributed by atoms with Gasteiger partial charge in [-0.15, -0.1) is 10.2 Å². The van der Waals surface area contributed by atoms with Gasteiger partial charge in [-0.1, -0.05) is 36.0 Å². The number of nitrogens with one attached hydrogen (secondary N) is 1. The maximum Gasteiger partial charge on any atom is 0.416 e. The van der Waals surface area contributed by atoms with Crippen molar-refractivity contribution in [3.8, 4) is 5.69 Å². The Kier molecular flexibility index (Phi) is 7.44. The van der Waals surface area contributed by atoms with Crippen LogP contribution in [0, 0.1) is 19.7 Å². The maximum atomic E-state index is 13.5. The average Bonchev–Trinajstić information content (AvgIpc) is 3.26. The van der Waals surface area contributed by atoms with Crippen molar-refractivity contribution in [3.05, 3.63) is 106 Å². The number of benzene rings is 3. The third-order valence-electron chi connectivity index (χ3n) is 5.58. The zero-order valence-electron chi connectivity index (χ0n) is 19.4. The summed E-state index contributed by atoms with van der Waals surface area (Å²) in [6.45, 7) is 3.92.